The second-order valence-electron chi connectivity index (χ2n) is 5.81. The molecule has 0 aliphatic carbocycles. The fraction of sp³-hybridized carbons (Fsp3) is 0.263. The molecule has 0 saturated carbocycles. The van der Waals surface area contributed by atoms with Gasteiger partial charge in [-0.15, -0.1) is 0 Å². The summed E-state index contributed by atoms with van der Waals surface area (Å²) in [6.07, 6.45) is -5.84. The first-order valence-corrected chi connectivity index (χ1v) is 8.55. The normalized spacial score (nSPS) is 12.1. The van der Waals surface area contributed by atoms with Crippen LogP contribution in [-0.4, -0.2) is 32.2 Å². The maximum Gasteiger partial charge on any atom is 0.416 e. The molecule has 0 aliphatic heterocycles. The van der Waals surface area contributed by atoms with Gasteiger partial charge in [0.25, 0.3) is 5.91 Å². The summed E-state index contributed by atoms with van der Waals surface area (Å²) in [6.45, 7) is 1.28. The molecule has 1 atom stereocenters. The molecule has 0 fully saturated rings. The molecule has 0 heterocycles. The smallest absolute Gasteiger partial charge is 0.416 e. The number of esters is 1. The molecule has 0 aromatic heterocycles. The van der Waals surface area contributed by atoms with Crippen molar-refractivity contribution in [3.8, 4) is 11.5 Å². The number of hydrogen-bond donors (Lipinski definition) is 1. The standard InChI is InChI=1S/C19H17ClF3NO5/c1-10(17(25)24-13-6-4-5-12(9-13)19(21,22)23)29-18(26)11-7-14(20)16(28-3)15(8-11)27-2/h4-10H,1-3H3,(H,24,25). The van der Waals surface area contributed by atoms with Crippen LogP contribution in [0.15, 0.2) is 36.4 Å². The van der Waals surface area contributed by atoms with Crippen molar-refractivity contribution in [1.29, 1.82) is 0 Å². The van der Waals surface area contributed by atoms with Crippen LogP contribution in [0, 0.1) is 0 Å². The fourth-order valence-electron chi connectivity index (χ4n) is 2.34. The molecule has 10 heteroatoms. The summed E-state index contributed by atoms with van der Waals surface area (Å²) in [5, 5.41) is 2.37. The van der Waals surface area contributed by atoms with Crippen molar-refractivity contribution in [1.82, 2.24) is 0 Å². The molecular formula is C19H17ClF3NO5. The van der Waals surface area contributed by atoms with E-state index in [4.69, 9.17) is 25.8 Å². The van der Waals surface area contributed by atoms with Gasteiger partial charge in [0.15, 0.2) is 17.6 Å². The van der Waals surface area contributed by atoms with Gasteiger partial charge >= 0.3 is 12.1 Å². The predicted molar refractivity (Wildman–Crippen MR) is 99.5 cm³/mol. The monoisotopic (exact) mass is 431 g/mol. The highest BCUT2D eigenvalue weighted by Gasteiger charge is 2.30. The van der Waals surface area contributed by atoms with Gasteiger partial charge in [-0.25, -0.2) is 4.79 Å². The van der Waals surface area contributed by atoms with Crippen LogP contribution in [0.3, 0.4) is 0 Å². The SMILES string of the molecule is COc1cc(C(=O)OC(C)C(=O)Nc2cccc(C(F)(F)F)c2)cc(Cl)c1OC. The van der Waals surface area contributed by atoms with E-state index in [0.717, 1.165) is 18.2 Å². The number of nitrogens with one attached hydrogen (secondary N) is 1. The van der Waals surface area contributed by atoms with Gasteiger partial charge in [0, 0.05) is 5.69 Å². The second kappa shape index (κ2) is 9.04. The molecule has 29 heavy (non-hydrogen) atoms. The highest BCUT2D eigenvalue weighted by Crippen LogP contribution is 2.36. The van der Waals surface area contributed by atoms with Crippen molar-refractivity contribution in [2.75, 3.05) is 19.5 Å². The number of methoxy groups -OCH3 is 2. The average Bonchev–Trinajstić information content (AvgIpc) is 2.66. The van der Waals surface area contributed by atoms with E-state index >= 15 is 0 Å². The van der Waals surface area contributed by atoms with E-state index in [1.807, 2.05) is 0 Å². The molecule has 1 N–H and O–H groups in total. The third-order valence-electron chi connectivity index (χ3n) is 3.78. The number of hydrogen-bond acceptors (Lipinski definition) is 5. The summed E-state index contributed by atoms with van der Waals surface area (Å²) in [5.41, 5.74) is -0.992. The molecule has 2 rings (SSSR count). The summed E-state index contributed by atoms with van der Waals surface area (Å²) < 4.78 is 53.5. The zero-order valence-corrected chi connectivity index (χ0v) is 16.4. The quantitative estimate of drug-likeness (QED) is 0.679. The lowest BCUT2D eigenvalue weighted by Crippen LogP contribution is -2.30. The van der Waals surface area contributed by atoms with E-state index < -0.39 is 29.7 Å². The van der Waals surface area contributed by atoms with Gasteiger partial charge in [-0.3, -0.25) is 4.79 Å². The minimum absolute atomic E-state index is 0.00590. The van der Waals surface area contributed by atoms with Gasteiger partial charge in [-0.05, 0) is 37.3 Å². The molecule has 0 radical (unpaired) electrons. The first kappa shape index (κ1) is 22.4. The van der Waals surface area contributed by atoms with Crippen LogP contribution in [0.25, 0.3) is 0 Å². The largest absolute Gasteiger partial charge is 0.493 e. The topological polar surface area (TPSA) is 73.9 Å². The molecule has 0 saturated heterocycles. The van der Waals surface area contributed by atoms with E-state index in [9.17, 15) is 22.8 Å². The van der Waals surface area contributed by atoms with Gasteiger partial charge in [0.2, 0.25) is 0 Å². The van der Waals surface area contributed by atoms with Crippen LogP contribution < -0.4 is 14.8 Å². The van der Waals surface area contributed by atoms with Crippen molar-refractivity contribution in [2.45, 2.75) is 19.2 Å². The Morgan fingerprint density at radius 1 is 1.10 bits per heavy atom. The van der Waals surface area contributed by atoms with E-state index in [2.05, 4.69) is 5.32 Å². The number of alkyl halides is 3. The zero-order chi connectivity index (χ0) is 21.8. The number of amides is 1. The van der Waals surface area contributed by atoms with Crippen molar-refractivity contribution in [3.63, 3.8) is 0 Å². The number of rotatable bonds is 6. The maximum absolute atomic E-state index is 12.8. The summed E-state index contributed by atoms with van der Waals surface area (Å²) in [4.78, 5) is 24.5. The fourth-order valence-corrected chi connectivity index (χ4v) is 2.62. The molecule has 1 amide bonds. The molecule has 0 spiro atoms. The third kappa shape index (κ3) is 5.54. The predicted octanol–water partition coefficient (Wildman–Crippen LogP) is 4.56. The Morgan fingerprint density at radius 3 is 2.38 bits per heavy atom. The van der Waals surface area contributed by atoms with Crippen molar-refractivity contribution in [2.24, 2.45) is 0 Å². The van der Waals surface area contributed by atoms with Crippen LogP contribution in [-0.2, 0) is 15.7 Å². The van der Waals surface area contributed by atoms with E-state index in [1.54, 1.807) is 0 Å². The first-order valence-electron chi connectivity index (χ1n) is 8.17. The minimum atomic E-state index is -4.55. The van der Waals surface area contributed by atoms with Crippen LogP contribution >= 0.6 is 11.6 Å². The van der Waals surface area contributed by atoms with Crippen molar-refractivity contribution >= 4 is 29.2 Å². The molecule has 156 valence electrons. The highest BCUT2D eigenvalue weighted by molar-refractivity contribution is 6.32. The van der Waals surface area contributed by atoms with Crippen molar-refractivity contribution < 1.29 is 37.0 Å². The Hall–Kier alpha value is -2.94. The van der Waals surface area contributed by atoms with Gasteiger partial charge in [0.05, 0.1) is 30.4 Å². The van der Waals surface area contributed by atoms with Crippen LogP contribution in [0.4, 0.5) is 18.9 Å². The Labute approximate surface area is 169 Å². The summed E-state index contributed by atoms with van der Waals surface area (Å²) in [7, 11) is 2.73. The number of carbonyl (C=O) groups is 2. The van der Waals surface area contributed by atoms with Gasteiger partial charge < -0.3 is 19.5 Å². The summed E-state index contributed by atoms with van der Waals surface area (Å²) >= 11 is 6.03. The Kier molecular flexibility index (Phi) is 6.97. The highest BCUT2D eigenvalue weighted by atomic mass is 35.5. The van der Waals surface area contributed by atoms with Gasteiger partial charge in [0.1, 0.15) is 0 Å². The van der Waals surface area contributed by atoms with E-state index in [-0.39, 0.29) is 27.8 Å². The number of anilines is 1. The molecule has 2 aromatic carbocycles. The zero-order valence-electron chi connectivity index (χ0n) is 15.6. The second-order valence-corrected chi connectivity index (χ2v) is 6.22. The third-order valence-corrected chi connectivity index (χ3v) is 4.06. The number of ether oxygens (including phenoxy) is 3. The van der Waals surface area contributed by atoms with Gasteiger partial charge in [-0.1, -0.05) is 17.7 Å². The minimum Gasteiger partial charge on any atom is -0.493 e. The maximum atomic E-state index is 12.8. The van der Waals surface area contributed by atoms with Crippen LogP contribution in [0.1, 0.15) is 22.8 Å². The summed E-state index contributed by atoms with van der Waals surface area (Å²) in [6, 6.07) is 6.70. The molecule has 6 nitrogen and oxygen atoms in total. The lowest BCUT2D eigenvalue weighted by atomic mass is 10.2. The number of carbonyl (C=O) groups excluding carboxylic acids is 2. The first-order chi connectivity index (χ1) is 13.6. The van der Waals surface area contributed by atoms with E-state index in [1.165, 1.54) is 39.3 Å². The molecule has 2 aromatic rings. The summed E-state index contributed by atoms with van der Waals surface area (Å²) in [5.74, 6) is -1.27. The lowest BCUT2D eigenvalue weighted by Gasteiger charge is -2.16. The van der Waals surface area contributed by atoms with E-state index in [0.29, 0.717) is 0 Å². The average molecular weight is 432 g/mol. The van der Waals surface area contributed by atoms with Crippen LogP contribution in [0.5, 0.6) is 11.5 Å². The Morgan fingerprint density at radius 2 is 1.79 bits per heavy atom. The van der Waals surface area contributed by atoms with Crippen LogP contribution in [0.2, 0.25) is 5.02 Å². The number of halogens is 4. The number of benzene rings is 2. The Bertz CT molecular complexity index is 917. The molecule has 1 unspecified atom stereocenters. The Balaban J connectivity index is 2.10. The lowest BCUT2D eigenvalue weighted by molar-refractivity contribution is -0.137. The molecular weight excluding hydrogens is 415 g/mol. The molecule has 0 bridgehead atoms. The van der Waals surface area contributed by atoms with Crippen molar-refractivity contribution in [3.05, 3.63) is 52.5 Å². The molecule has 0 aliphatic rings. The van der Waals surface area contributed by atoms with Gasteiger partial charge in [-0.2, -0.15) is 13.2 Å².